The number of ether oxygens (including phenoxy) is 3. The second-order valence-electron chi connectivity index (χ2n) is 3.63. The average Bonchev–Trinajstić information content (AvgIpc) is 2.27. The van der Waals surface area contributed by atoms with E-state index in [2.05, 4.69) is 12.6 Å². The van der Waals surface area contributed by atoms with Crippen molar-refractivity contribution >= 4 is 12.6 Å². The molecule has 0 saturated carbocycles. The average molecular weight is 260 g/mol. The summed E-state index contributed by atoms with van der Waals surface area (Å²) in [5.74, 6) is -0.346. The molecule has 0 aromatic heterocycles. The second-order valence-corrected chi connectivity index (χ2v) is 4.14. The van der Waals surface area contributed by atoms with E-state index in [4.69, 9.17) is 14.2 Å². The number of rotatable bonds is 6. The van der Waals surface area contributed by atoms with Gasteiger partial charge in [-0.25, -0.2) is 4.39 Å². The standard InChI is InChI=1S/C12H17FO3S/c1-14-7-11(15-2)12(16-3)8-4-9(13)6-10(17)5-8/h4-6,11-12,17H,7H2,1-3H3/t11-,12+/m1/s1. The molecule has 0 heterocycles. The van der Waals surface area contributed by atoms with Gasteiger partial charge in [-0.3, -0.25) is 0 Å². The predicted octanol–water partition coefficient (Wildman–Crippen LogP) is 2.46. The molecule has 1 aromatic rings. The molecule has 0 fully saturated rings. The lowest BCUT2D eigenvalue weighted by Crippen LogP contribution is -2.27. The molecule has 0 unspecified atom stereocenters. The fourth-order valence-corrected chi connectivity index (χ4v) is 1.98. The van der Waals surface area contributed by atoms with Gasteiger partial charge in [0.1, 0.15) is 18.0 Å². The lowest BCUT2D eigenvalue weighted by molar-refractivity contribution is -0.0698. The van der Waals surface area contributed by atoms with Crippen molar-refractivity contribution in [2.75, 3.05) is 27.9 Å². The molecule has 2 atom stereocenters. The summed E-state index contributed by atoms with van der Waals surface area (Å²) in [6.07, 6.45) is -0.680. The minimum atomic E-state index is -0.387. The molecule has 0 bridgehead atoms. The van der Waals surface area contributed by atoms with Gasteiger partial charge in [0.15, 0.2) is 0 Å². The van der Waals surface area contributed by atoms with E-state index in [1.165, 1.54) is 12.1 Å². The maximum atomic E-state index is 13.3. The van der Waals surface area contributed by atoms with Gasteiger partial charge in [-0.2, -0.15) is 0 Å². The highest BCUT2D eigenvalue weighted by Crippen LogP contribution is 2.25. The molecule has 0 saturated heterocycles. The van der Waals surface area contributed by atoms with Gasteiger partial charge in [0.2, 0.25) is 0 Å². The molecule has 0 aliphatic carbocycles. The Labute approximate surface area is 106 Å². The summed E-state index contributed by atoms with van der Waals surface area (Å²) in [5, 5.41) is 0. The molecule has 5 heteroatoms. The smallest absolute Gasteiger partial charge is 0.124 e. The highest BCUT2D eigenvalue weighted by molar-refractivity contribution is 7.80. The van der Waals surface area contributed by atoms with Gasteiger partial charge < -0.3 is 14.2 Å². The topological polar surface area (TPSA) is 27.7 Å². The summed E-state index contributed by atoms with van der Waals surface area (Å²) >= 11 is 4.14. The van der Waals surface area contributed by atoms with Crippen molar-refractivity contribution in [3.8, 4) is 0 Å². The van der Waals surface area contributed by atoms with E-state index in [0.717, 1.165) is 0 Å². The summed E-state index contributed by atoms with van der Waals surface area (Å²) in [7, 11) is 4.69. The number of thiol groups is 1. The fourth-order valence-electron chi connectivity index (χ4n) is 1.71. The third-order valence-corrected chi connectivity index (χ3v) is 2.72. The first kappa shape index (κ1) is 14.4. The number of halogens is 1. The lowest BCUT2D eigenvalue weighted by Gasteiger charge is -2.24. The Kier molecular flexibility index (Phi) is 5.91. The maximum Gasteiger partial charge on any atom is 0.124 e. The minimum Gasteiger partial charge on any atom is -0.382 e. The molecule has 0 aliphatic heterocycles. The van der Waals surface area contributed by atoms with Crippen molar-refractivity contribution in [1.29, 1.82) is 0 Å². The van der Waals surface area contributed by atoms with E-state index in [0.29, 0.717) is 17.1 Å². The van der Waals surface area contributed by atoms with E-state index < -0.39 is 0 Å². The zero-order chi connectivity index (χ0) is 12.8. The second kappa shape index (κ2) is 6.96. The van der Waals surface area contributed by atoms with Gasteiger partial charge in [-0.1, -0.05) is 0 Å². The Morgan fingerprint density at radius 3 is 2.35 bits per heavy atom. The van der Waals surface area contributed by atoms with Crippen LogP contribution in [0.1, 0.15) is 11.7 Å². The first-order valence-electron chi connectivity index (χ1n) is 5.16. The van der Waals surface area contributed by atoms with Crippen molar-refractivity contribution in [2.24, 2.45) is 0 Å². The van der Waals surface area contributed by atoms with Crippen LogP contribution < -0.4 is 0 Å². The fraction of sp³-hybridized carbons (Fsp3) is 0.500. The van der Waals surface area contributed by atoms with Gasteiger partial charge in [0.25, 0.3) is 0 Å². The third kappa shape index (κ3) is 3.96. The van der Waals surface area contributed by atoms with Crippen molar-refractivity contribution in [2.45, 2.75) is 17.1 Å². The highest BCUT2D eigenvalue weighted by atomic mass is 32.1. The van der Waals surface area contributed by atoms with E-state index in [1.54, 1.807) is 27.4 Å². The van der Waals surface area contributed by atoms with Crippen molar-refractivity contribution in [1.82, 2.24) is 0 Å². The minimum absolute atomic E-state index is 0.292. The van der Waals surface area contributed by atoms with Gasteiger partial charge in [0.05, 0.1) is 6.61 Å². The largest absolute Gasteiger partial charge is 0.382 e. The Bertz CT molecular complexity index is 339. The summed E-state index contributed by atoms with van der Waals surface area (Å²) in [5.41, 5.74) is 0.682. The van der Waals surface area contributed by atoms with Crippen LogP contribution >= 0.6 is 12.6 Å². The molecule has 1 aromatic carbocycles. The highest BCUT2D eigenvalue weighted by Gasteiger charge is 2.23. The molecule has 3 nitrogen and oxygen atoms in total. The monoisotopic (exact) mass is 260 g/mol. The van der Waals surface area contributed by atoms with Crippen LogP contribution in [0, 0.1) is 5.82 Å². The van der Waals surface area contributed by atoms with Crippen LogP contribution in [-0.4, -0.2) is 34.0 Å². The van der Waals surface area contributed by atoms with Crippen LogP contribution in [-0.2, 0) is 14.2 Å². The van der Waals surface area contributed by atoms with Crippen LogP contribution in [0.25, 0.3) is 0 Å². The molecule has 0 amide bonds. The molecule has 0 N–H and O–H groups in total. The van der Waals surface area contributed by atoms with E-state index in [1.807, 2.05) is 0 Å². The predicted molar refractivity (Wildman–Crippen MR) is 66.1 cm³/mol. The van der Waals surface area contributed by atoms with Crippen LogP contribution in [0.4, 0.5) is 4.39 Å². The molecule has 17 heavy (non-hydrogen) atoms. The number of hydrogen-bond donors (Lipinski definition) is 1. The molecular weight excluding hydrogens is 243 g/mol. The van der Waals surface area contributed by atoms with Crippen LogP contribution in [0.3, 0.4) is 0 Å². The number of methoxy groups -OCH3 is 3. The van der Waals surface area contributed by atoms with Gasteiger partial charge in [-0.15, -0.1) is 12.6 Å². The Morgan fingerprint density at radius 2 is 1.88 bits per heavy atom. The first-order chi connectivity index (χ1) is 8.12. The van der Waals surface area contributed by atoms with Crippen LogP contribution in [0.5, 0.6) is 0 Å². The molecule has 1 rings (SSSR count). The Morgan fingerprint density at radius 1 is 1.18 bits per heavy atom. The third-order valence-electron chi connectivity index (χ3n) is 2.46. The van der Waals surface area contributed by atoms with Gasteiger partial charge in [0, 0.05) is 26.2 Å². The summed E-state index contributed by atoms with van der Waals surface area (Å²) < 4.78 is 29.0. The molecule has 0 aliphatic rings. The summed E-state index contributed by atoms with van der Waals surface area (Å²) in [4.78, 5) is 0.550. The summed E-state index contributed by atoms with van der Waals surface area (Å²) in [6.45, 7) is 0.368. The normalized spacial score (nSPS) is 14.6. The molecular formula is C12H17FO3S. The number of benzene rings is 1. The molecule has 96 valence electrons. The Hall–Kier alpha value is -0.620. The first-order valence-corrected chi connectivity index (χ1v) is 5.61. The Balaban J connectivity index is 2.98. The van der Waals surface area contributed by atoms with Gasteiger partial charge in [-0.05, 0) is 23.8 Å². The summed E-state index contributed by atoms with van der Waals surface area (Å²) in [6, 6.07) is 4.51. The van der Waals surface area contributed by atoms with Crippen LogP contribution in [0.15, 0.2) is 23.1 Å². The van der Waals surface area contributed by atoms with Crippen molar-refractivity contribution in [3.63, 3.8) is 0 Å². The maximum absolute atomic E-state index is 13.3. The number of hydrogen-bond acceptors (Lipinski definition) is 4. The molecule has 0 spiro atoms. The van der Waals surface area contributed by atoms with E-state index in [-0.39, 0.29) is 18.0 Å². The van der Waals surface area contributed by atoms with Crippen LogP contribution in [0.2, 0.25) is 0 Å². The zero-order valence-electron chi connectivity index (χ0n) is 10.1. The van der Waals surface area contributed by atoms with Gasteiger partial charge >= 0.3 is 0 Å². The quantitative estimate of drug-likeness (QED) is 0.796. The van der Waals surface area contributed by atoms with Crippen molar-refractivity contribution in [3.05, 3.63) is 29.6 Å². The van der Waals surface area contributed by atoms with Crippen molar-refractivity contribution < 1.29 is 18.6 Å². The SMILES string of the molecule is COC[C@@H](OC)[C@@H](OC)c1cc(F)cc(S)c1. The lowest BCUT2D eigenvalue weighted by atomic mass is 10.0. The molecule has 0 radical (unpaired) electrons. The van der Waals surface area contributed by atoms with E-state index in [9.17, 15) is 4.39 Å². The van der Waals surface area contributed by atoms with E-state index >= 15 is 0 Å². The zero-order valence-corrected chi connectivity index (χ0v) is 11.0.